The molecule has 1 N–H and O–H groups in total. The molecule has 0 aromatic rings. The maximum atomic E-state index is 12.7. The maximum absolute atomic E-state index is 12.7. The SMILES string of the molecule is CCNC(=NCCOC)N1CCN(C(C)C(F)(F)F)CC1.I. The van der Waals surface area contributed by atoms with Crippen LogP contribution in [0, 0.1) is 0 Å². The number of hydrogen-bond acceptors (Lipinski definition) is 3. The average Bonchev–Trinajstić information content (AvgIpc) is 2.45. The second kappa shape index (κ2) is 10.5. The zero-order valence-corrected chi connectivity index (χ0v) is 15.6. The third kappa shape index (κ3) is 6.86. The first-order valence-corrected chi connectivity index (χ1v) is 7.23. The molecule has 0 aliphatic carbocycles. The van der Waals surface area contributed by atoms with Gasteiger partial charge in [0.1, 0.15) is 6.04 Å². The summed E-state index contributed by atoms with van der Waals surface area (Å²) in [5, 5.41) is 3.17. The normalized spacial score (nSPS) is 18.8. The number of nitrogens with zero attached hydrogens (tertiary/aromatic N) is 3. The zero-order chi connectivity index (χ0) is 15.9. The summed E-state index contributed by atoms with van der Waals surface area (Å²) in [4.78, 5) is 7.88. The molecule has 0 amide bonds. The van der Waals surface area contributed by atoms with Crippen molar-refractivity contribution in [3.63, 3.8) is 0 Å². The molecular formula is C13H26F3IN4O. The van der Waals surface area contributed by atoms with Gasteiger partial charge in [-0.2, -0.15) is 13.2 Å². The lowest BCUT2D eigenvalue weighted by Gasteiger charge is -2.39. The van der Waals surface area contributed by atoms with Crippen molar-refractivity contribution in [3.05, 3.63) is 0 Å². The van der Waals surface area contributed by atoms with Crippen LogP contribution in [-0.4, -0.2) is 81.0 Å². The predicted octanol–water partition coefficient (Wildman–Crippen LogP) is 1.78. The van der Waals surface area contributed by atoms with Gasteiger partial charge in [0.05, 0.1) is 13.2 Å². The van der Waals surface area contributed by atoms with E-state index in [-0.39, 0.29) is 24.0 Å². The van der Waals surface area contributed by atoms with Crippen LogP contribution in [0.4, 0.5) is 13.2 Å². The third-order valence-electron chi connectivity index (χ3n) is 3.53. The second-order valence-corrected chi connectivity index (χ2v) is 4.97. The van der Waals surface area contributed by atoms with E-state index in [0.29, 0.717) is 39.3 Å². The Balaban J connectivity index is 0.00000441. The van der Waals surface area contributed by atoms with E-state index in [0.717, 1.165) is 12.5 Å². The molecule has 0 saturated carbocycles. The number of guanidine groups is 1. The molecule has 0 spiro atoms. The summed E-state index contributed by atoms with van der Waals surface area (Å²) in [5.41, 5.74) is 0. The Morgan fingerprint density at radius 1 is 1.27 bits per heavy atom. The maximum Gasteiger partial charge on any atom is 0.403 e. The van der Waals surface area contributed by atoms with Gasteiger partial charge in [-0.05, 0) is 13.8 Å². The summed E-state index contributed by atoms with van der Waals surface area (Å²) in [6, 6.07) is -1.40. The molecule has 22 heavy (non-hydrogen) atoms. The third-order valence-corrected chi connectivity index (χ3v) is 3.53. The molecule has 1 fully saturated rings. The van der Waals surface area contributed by atoms with Crippen molar-refractivity contribution in [2.45, 2.75) is 26.1 Å². The Kier molecular flexibility index (Phi) is 10.3. The van der Waals surface area contributed by atoms with E-state index in [1.807, 2.05) is 11.8 Å². The molecule has 1 saturated heterocycles. The molecule has 1 heterocycles. The Bertz CT molecular complexity index is 334. The number of piperazine rings is 1. The summed E-state index contributed by atoms with van der Waals surface area (Å²) in [5.74, 6) is 0.744. The standard InChI is InChI=1S/C13H25F3N4O.HI/c1-4-17-12(18-5-10-21-3)20-8-6-19(7-9-20)11(2)13(14,15)16;/h11H,4-10H2,1-3H3,(H,17,18);1H. The molecule has 1 atom stereocenters. The van der Waals surface area contributed by atoms with Gasteiger partial charge in [0.15, 0.2) is 5.96 Å². The van der Waals surface area contributed by atoms with Gasteiger partial charge >= 0.3 is 6.18 Å². The zero-order valence-electron chi connectivity index (χ0n) is 13.3. The molecular weight excluding hydrogens is 412 g/mol. The van der Waals surface area contributed by atoms with E-state index < -0.39 is 12.2 Å². The van der Waals surface area contributed by atoms with Gasteiger partial charge in [-0.1, -0.05) is 0 Å². The van der Waals surface area contributed by atoms with Crippen molar-refractivity contribution in [2.75, 3.05) is 53.0 Å². The molecule has 1 aliphatic rings. The molecule has 132 valence electrons. The van der Waals surface area contributed by atoms with E-state index in [1.165, 1.54) is 11.8 Å². The summed E-state index contributed by atoms with van der Waals surface area (Å²) >= 11 is 0. The van der Waals surface area contributed by atoms with Crippen molar-refractivity contribution < 1.29 is 17.9 Å². The Labute approximate surface area is 147 Å². The Morgan fingerprint density at radius 2 is 1.86 bits per heavy atom. The number of aliphatic imine (C=N–C) groups is 1. The molecule has 9 heteroatoms. The van der Waals surface area contributed by atoms with Crippen LogP contribution in [0.1, 0.15) is 13.8 Å². The molecule has 0 bridgehead atoms. The van der Waals surface area contributed by atoms with Crippen LogP contribution >= 0.6 is 24.0 Å². The summed E-state index contributed by atoms with van der Waals surface area (Å²) in [6.07, 6.45) is -4.17. The van der Waals surface area contributed by atoms with Crippen LogP contribution in [0.2, 0.25) is 0 Å². The minimum atomic E-state index is -4.17. The predicted molar refractivity (Wildman–Crippen MR) is 91.9 cm³/mol. The highest BCUT2D eigenvalue weighted by atomic mass is 127. The van der Waals surface area contributed by atoms with Gasteiger partial charge in [-0.15, -0.1) is 24.0 Å². The quantitative estimate of drug-likeness (QED) is 0.308. The van der Waals surface area contributed by atoms with E-state index in [1.54, 1.807) is 7.11 Å². The van der Waals surface area contributed by atoms with Crippen LogP contribution in [0.15, 0.2) is 4.99 Å². The fourth-order valence-corrected chi connectivity index (χ4v) is 2.20. The van der Waals surface area contributed by atoms with Crippen LogP contribution in [0.3, 0.4) is 0 Å². The monoisotopic (exact) mass is 438 g/mol. The smallest absolute Gasteiger partial charge is 0.383 e. The lowest BCUT2D eigenvalue weighted by molar-refractivity contribution is -0.181. The molecule has 0 aromatic heterocycles. The number of ether oxygens (including phenoxy) is 1. The molecule has 1 rings (SSSR count). The van der Waals surface area contributed by atoms with E-state index in [9.17, 15) is 13.2 Å². The molecule has 0 aromatic carbocycles. The lowest BCUT2D eigenvalue weighted by atomic mass is 10.2. The second-order valence-electron chi connectivity index (χ2n) is 4.97. The van der Waals surface area contributed by atoms with E-state index in [4.69, 9.17) is 4.74 Å². The number of rotatable bonds is 5. The number of halogens is 4. The fourth-order valence-electron chi connectivity index (χ4n) is 2.20. The minimum Gasteiger partial charge on any atom is -0.383 e. The van der Waals surface area contributed by atoms with Crippen molar-refractivity contribution in [1.29, 1.82) is 0 Å². The molecule has 1 unspecified atom stereocenters. The van der Waals surface area contributed by atoms with Gasteiger partial charge in [-0.25, -0.2) is 0 Å². The van der Waals surface area contributed by atoms with Crippen molar-refractivity contribution in [1.82, 2.24) is 15.1 Å². The minimum absolute atomic E-state index is 0. The van der Waals surface area contributed by atoms with E-state index in [2.05, 4.69) is 10.3 Å². The van der Waals surface area contributed by atoms with Crippen LogP contribution in [0.5, 0.6) is 0 Å². The highest BCUT2D eigenvalue weighted by molar-refractivity contribution is 14.0. The van der Waals surface area contributed by atoms with Crippen molar-refractivity contribution >= 4 is 29.9 Å². The average molecular weight is 438 g/mol. The number of alkyl halides is 3. The lowest BCUT2D eigenvalue weighted by Crippen LogP contribution is -2.56. The summed E-state index contributed by atoms with van der Waals surface area (Å²) in [6.45, 7) is 6.83. The van der Waals surface area contributed by atoms with Crippen molar-refractivity contribution in [3.8, 4) is 0 Å². The van der Waals surface area contributed by atoms with Gasteiger partial charge in [0, 0.05) is 39.8 Å². The number of nitrogens with one attached hydrogen (secondary N) is 1. The van der Waals surface area contributed by atoms with Crippen LogP contribution in [-0.2, 0) is 4.74 Å². The first kappa shape index (κ1) is 21.7. The first-order chi connectivity index (χ1) is 9.90. The number of hydrogen-bond donors (Lipinski definition) is 1. The van der Waals surface area contributed by atoms with Gasteiger partial charge in [0.25, 0.3) is 0 Å². The number of methoxy groups -OCH3 is 1. The highest BCUT2D eigenvalue weighted by Gasteiger charge is 2.41. The van der Waals surface area contributed by atoms with Crippen molar-refractivity contribution in [2.24, 2.45) is 4.99 Å². The Hall–Kier alpha value is -0.290. The van der Waals surface area contributed by atoms with Crippen LogP contribution < -0.4 is 5.32 Å². The Morgan fingerprint density at radius 3 is 2.32 bits per heavy atom. The highest BCUT2D eigenvalue weighted by Crippen LogP contribution is 2.25. The molecule has 1 aliphatic heterocycles. The fraction of sp³-hybridized carbons (Fsp3) is 0.923. The summed E-state index contributed by atoms with van der Waals surface area (Å²) in [7, 11) is 1.61. The van der Waals surface area contributed by atoms with Crippen LogP contribution in [0.25, 0.3) is 0 Å². The molecule has 0 radical (unpaired) electrons. The van der Waals surface area contributed by atoms with E-state index >= 15 is 0 Å². The largest absolute Gasteiger partial charge is 0.403 e. The van der Waals surface area contributed by atoms with Gasteiger partial charge in [-0.3, -0.25) is 9.89 Å². The van der Waals surface area contributed by atoms with Gasteiger partial charge in [0.2, 0.25) is 0 Å². The summed E-state index contributed by atoms with van der Waals surface area (Å²) < 4.78 is 43.1. The van der Waals surface area contributed by atoms with Gasteiger partial charge < -0.3 is 15.0 Å². The topological polar surface area (TPSA) is 40.1 Å². The molecule has 5 nitrogen and oxygen atoms in total. The first-order valence-electron chi connectivity index (χ1n) is 7.23.